The van der Waals surface area contributed by atoms with Gasteiger partial charge in [-0.25, -0.2) is 0 Å². The van der Waals surface area contributed by atoms with Crippen LogP contribution in [-0.4, -0.2) is 20.3 Å². The lowest BCUT2D eigenvalue weighted by Gasteiger charge is -2.18. The minimum Gasteiger partial charge on any atom is -0.380 e. The summed E-state index contributed by atoms with van der Waals surface area (Å²) in [7, 11) is 1.96. The number of rotatable bonds is 5. The fourth-order valence-electron chi connectivity index (χ4n) is 1.49. The minimum absolute atomic E-state index is 0.249. The van der Waals surface area contributed by atoms with Crippen molar-refractivity contribution in [1.82, 2.24) is 5.32 Å². The van der Waals surface area contributed by atoms with E-state index < -0.39 is 0 Å². The summed E-state index contributed by atoms with van der Waals surface area (Å²) in [5, 5.41) is 3.27. The highest BCUT2D eigenvalue weighted by molar-refractivity contribution is 9.10. The summed E-state index contributed by atoms with van der Waals surface area (Å²) < 4.78 is 6.58. The van der Waals surface area contributed by atoms with Crippen LogP contribution >= 0.6 is 15.9 Å². The number of aryl methyl sites for hydroxylation is 1. The second kappa shape index (κ2) is 6.26. The maximum Gasteiger partial charge on any atom is 0.0661 e. The van der Waals surface area contributed by atoms with Crippen LogP contribution in [0.15, 0.2) is 22.7 Å². The molecule has 2 nitrogen and oxygen atoms in total. The molecule has 1 aromatic carbocycles. The Bertz CT molecular complexity index is 314. The van der Waals surface area contributed by atoms with Gasteiger partial charge in [0.15, 0.2) is 0 Å². The van der Waals surface area contributed by atoms with Crippen LogP contribution in [-0.2, 0) is 4.74 Å². The number of benzene rings is 1. The summed E-state index contributed by atoms with van der Waals surface area (Å²) in [5.74, 6) is 0. The average molecular weight is 272 g/mol. The Kier molecular flexibility index (Phi) is 5.29. The van der Waals surface area contributed by atoms with E-state index in [1.807, 2.05) is 14.0 Å². The predicted molar refractivity (Wildman–Crippen MR) is 67.2 cm³/mol. The van der Waals surface area contributed by atoms with Crippen molar-refractivity contribution in [1.29, 1.82) is 0 Å². The first-order chi connectivity index (χ1) is 7.19. The van der Waals surface area contributed by atoms with Crippen LogP contribution in [0.2, 0.25) is 0 Å². The monoisotopic (exact) mass is 271 g/mol. The van der Waals surface area contributed by atoms with Gasteiger partial charge in [0.2, 0.25) is 0 Å². The summed E-state index contributed by atoms with van der Waals surface area (Å²) in [6, 6.07) is 6.62. The SMILES string of the molecule is CCOCC(NC)c1cc(C)ccc1Br. The number of hydrogen-bond donors (Lipinski definition) is 1. The van der Waals surface area contributed by atoms with Gasteiger partial charge in [-0.05, 0) is 32.5 Å². The Morgan fingerprint density at radius 2 is 2.20 bits per heavy atom. The van der Waals surface area contributed by atoms with E-state index in [4.69, 9.17) is 4.74 Å². The summed E-state index contributed by atoms with van der Waals surface area (Å²) in [6.07, 6.45) is 0. The van der Waals surface area contributed by atoms with Gasteiger partial charge in [0, 0.05) is 11.1 Å². The number of halogens is 1. The molecule has 0 fully saturated rings. The summed E-state index contributed by atoms with van der Waals surface area (Å²) >= 11 is 3.57. The summed E-state index contributed by atoms with van der Waals surface area (Å²) in [5.41, 5.74) is 2.52. The zero-order valence-electron chi connectivity index (χ0n) is 9.51. The molecule has 3 heteroatoms. The third kappa shape index (κ3) is 3.59. The first-order valence-corrected chi connectivity index (χ1v) is 5.99. The maximum atomic E-state index is 5.45. The Labute approximate surface area is 100 Å². The van der Waals surface area contributed by atoms with Crippen molar-refractivity contribution < 1.29 is 4.74 Å². The van der Waals surface area contributed by atoms with Gasteiger partial charge in [0.05, 0.1) is 12.6 Å². The highest BCUT2D eigenvalue weighted by Crippen LogP contribution is 2.24. The van der Waals surface area contributed by atoms with E-state index in [9.17, 15) is 0 Å². The molecule has 0 aliphatic heterocycles. The molecule has 0 aliphatic rings. The van der Waals surface area contributed by atoms with E-state index in [0.29, 0.717) is 6.61 Å². The molecule has 0 aliphatic carbocycles. The standard InChI is InChI=1S/C12H18BrNO/c1-4-15-8-12(14-3)10-7-9(2)5-6-11(10)13/h5-7,12,14H,4,8H2,1-3H3. The van der Waals surface area contributed by atoms with Gasteiger partial charge >= 0.3 is 0 Å². The van der Waals surface area contributed by atoms with Gasteiger partial charge in [0.25, 0.3) is 0 Å². The van der Waals surface area contributed by atoms with Crippen LogP contribution in [0.25, 0.3) is 0 Å². The lowest BCUT2D eigenvalue weighted by Crippen LogP contribution is -2.22. The molecule has 15 heavy (non-hydrogen) atoms. The van der Waals surface area contributed by atoms with Gasteiger partial charge < -0.3 is 10.1 Å². The predicted octanol–water partition coefficient (Wildman–Crippen LogP) is 3.05. The Morgan fingerprint density at radius 1 is 1.47 bits per heavy atom. The molecule has 0 spiro atoms. The van der Waals surface area contributed by atoms with E-state index in [2.05, 4.69) is 46.4 Å². The molecule has 0 bridgehead atoms. The zero-order valence-corrected chi connectivity index (χ0v) is 11.1. The lowest BCUT2D eigenvalue weighted by atomic mass is 10.1. The number of hydrogen-bond acceptors (Lipinski definition) is 2. The van der Waals surface area contributed by atoms with Crippen LogP contribution in [0, 0.1) is 6.92 Å². The Balaban J connectivity index is 2.85. The van der Waals surface area contributed by atoms with Gasteiger partial charge in [-0.15, -0.1) is 0 Å². The van der Waals surface area contributed by atoms with Gasteiger partial charge in [-0.1, -0.05) is 33.6 Å². The molecule has 0 saturated carbocycles. The van der Waals surface area contributed by atoms with Crippen molar-refractivity contribution in [2.75, 3.05) is 20.3 Å². The Hall–Kier alpha value is -0.380. The van der Waals surface area contributed by atoms with Crippen molar-refractivity contribution >= 4 is 15.9 Å². The Morgan fingerprint density at radius 3 is 2.80 bits per heavy atom. The fraction of sp³-hybridized carbons (Fsp3) is 0.500. The largest absolute Gasteiger partial charge is 0.380 e. The summed E-state index contributed by atoms with van der Waals surface area (Å²) in [4.78, 5) is 0. The second-order valence-corrected chi connectivity index (χ2v) is 4.38. The van der Waals surface area contributed by atoms with Crippen molar-refractivity contribution in [3.63, 3.8) is 0 Å². The van der Waals surface area contributed by atoms with E-state index in [-0.39, 0.29) is 6.04 Å². The first-order valence-electron chi connectivity index (χ1n) is 5.20. The third-order valence-electron chi connectivity index (χ3n) is 2.36. The minimum atomic E-state index is 0.249. The topological polar surface area (TPSA) is 21.3 Å². The second-order valence-electron chi connectivity index (χ2n) is 3.53. The third-order valence-corrected chi connectivity index (χ3v) is 3.09. The zero-order chi connectivity index (χ0) is 11.3. The molecule has 0 aromatic heterocycles. The molecule has 84 valence electrons. The molecule has 0 saturated heterocycles. The van der Waals surface area contributed by atoms with Gasteiger partial charge in [-0.2, -0.15) is 0 Å². The molecule has 1 aromatic rings. The van der Waals surface area contributed by atoms with E-state index in [0.717, 1.165) is 11.1 Å². The highest BCUT2D eigenvalue weighted by atomic mass is 79.9. The fourth-order valence-corrected chi connectivity index (χ4v) is 2.02. The van der Waals surface area contributed by atoms with Gasteiger partial charge in [-0.3, -0.25) is 0 Å². The van der Waals surface area contributed by atoms with Crippen LogP contribution < -0.4 is 5.32 Å². The first kappa shape index (κ1) is 12.7. The smallest absolute Gasteiger partial charge is 0.0661 e. The number of ether oxygens (including phenoxy) is 1. The van der Waals surface area contributed by atoms with E-state index in [1.165, 1.54) is 11.1 Å². The highest BCUT2D eigenvalue weighted by Gasteiger charge is 2.12. The normalized spacial score (nSPS) is 12.8. The van der Waals surface area contributed by atoms with Crippen LogP contribution in [0.3, 0.4) is 0 Å². The molecular formula is C12H18BrNO. The molecule has 1 N–H and O–H groups in total. The number of nitrogens with one attached hydrogen (secondary N) is 1. The van der Waals surface area contributed by atoms with Crippen molar-refractivity contribution in [2.24, 2.45) is 0 Å². The van der Waals surface area contributed by atoms with Crippen molar-refractivity contribution in [3.05, 3.63) is 33.8 Å². The van der Waals surface area contributed by atoms with Crippen LogP contribution in [0.1, 0.15) is 24.1 Å². The quantitative estimate of drug-likeness (QED) is 0.889. The molecular weight excluding hydrogens is 254 g/mol. The molecule has 0 radical (unpaired) electrons. The molecule has 0 amide bonds. The van der Waals surface area contributed by atoms with Gasteiger partial charge in [0.1, 0.15) is 0 Å². The maximum absolute atomic E-state index is 5.45. The summed E-state index contributed by atoms with van der Waals surface area (Å²) in [6.45, 7) is 5.57. The molecule has 1 atom stereocenters. The molecule has 1 rings (SSSR count). The molecule has 0 heterocycles. The van der Waals surface area contributed by atoms with E-state index in [1.54, 1.807) is 0 Å². The van der Waals surface area contributed by atoms with Crippen LogP contribution in [0.5, 0.6) is 0 Å². The average Bonchev–Trinajstić information content (AvgIpc) is 2.24. The van der Waals surface area contributed by atoms with Crippen molar-refractivity contribution in [2.45, 2.75) is 19.9 Å². The van der Waals surface area contributed by atoms with Crippen LogP contribution in [0.4, 0.5) is 0 Å². The van der Waals surface area contributed by atoms with E-state index >= 15 is 0 Å². The van der Waals surface area contributed by atoms with Crippen molar-refractivity contribution in [3.8, 4) is 0 Å². The lowest BCUT2D eigenvalue weighted by molar-refractivity contribution is 0.125. The molecule has 1 unspecified atom stereocenters. The number of likely N-dealkylation sites (N-methyl/N-ethyl adjacent to an activating group) is 1.